The van der Waals surface area contributed by atoms with Crippen LogP contribution in [0.2, 0.25) is 0 Å². The average molecular weight is 276 g/mol. The molecule has 1 aromatic rings. The second-order valence-electron chi connectivity index (χ2n) is 5.92. The van der Waals surface area contributed by atoms with Gasteiger partial charge in [-0.05, 0) is 37.5 Å². The first-order chi connectivity index (χ1) is 9.58. The number of amides is 1. The fourth-order valence-electron chi connectivity index (χ4n) is 2.96. The molecule has 0 spiro atoms. The van der Waals surface area contributed by atoms with Crippen LogP contribution in [0.3, 0.4) is 0 Å². The molecule has 1 aliphatic carbocycles. The molecule has 110 valence electrons. The minimum atomic E-state index is -0.137. The van der Waals surface area contributed by atoms with Gasteiger partial charge in [0, 0.05) is 23.2 Å². The van der Waals surface area contributed by atoms with Gasteiger partial charge in [-0.25, -0.2) is 0 Å². The van der Waals surface area contributed by atoms with E-state index in [1.165, 1.54) is 6.42 Å². The van der Waals surface area contributed by atoms with Gasteiger partial charge >= 0.3 is 0 Å². The van der Waals surface area contributed by atoms with Crippen LogP contribution in [-0.2, 0) is 0 Å². The number of nitrogens with two attached hydrogens (primary N) is 1. The van der Waals surface area contributed by atoms with Crippen molar-refractivity contribution in [3.8, 4) is 0 Å². The lowest BCUT2D eigenvalue weighted by Crippen LogP contribution is -2.41. The van der Waals surface area contributed by atoms with Gasteiger partial charge in [-0.3, -0.25) is 4.79 Å². The van der Waals surface area contributed by atoms with E-state index in [4.69, 9.17) is 5.73 Å². The number of nitrogens with one attached hydrogen (secondary N) is 1. The lowest BCUT2D eigenvalue weighted by Gasteiger charge is -2.35. The molecule has 1 aromatic carbocycles. The molecule has 1 aliphatic rings. The molecule has 0 bridgehead atoms. The van der Waals surface area contributed by atoms with Crippen molar-refractivity contribution in [2.75, 3.05) is 18.9 Å². The van der Waals surface area contributed by atoms with Crippen LogP contribution in [0, 0.1) is 12.3 Å². The number of benzene rings is 1. The molecule has 1 amide bonds. The van der Waals surface area contributed by atoms with Crippen molar-refractivity contribution in [3.63, 3.8) is 0 Å². The quantitative estimate of drug-likeness (QED) is 0.738. The Labute approximate surface area is 120 Å². The molecule has 0 radical (unpaired) electrons. The number of carbonyl (C=O) groups is 1. The van der Waals surface area contributed by atoms with Crippen LogP contribution in [0.4, 0.5) is 5.69 Å². The van der Waals surface area contributed by atoms with Gasteiger partial charge in [0.1, 0.15) is 0 Å². The highest BCUT2D eigenvalue weighted by molar-refractivity contribution is 5.96. The maximum absolute atomic E-state index is 12.3. The van der Waals surface area contributed by atoms with E-state index in [1.807, 2.05) is 6.92 Å². The molecule has 20 heavy (non-hydrogen) atoms. The first-order valence-corrected chi connectivity index (χ1v) is 7.32. The van der Waals surface area contributed by atoms with Crippen LogP contribution in [0.5, 0.6) is 0 Å². The van der Waals surface area contributed by atoms with Crippen molar-refractivity contribution in [2.24, 2.45) is 5.41 Å². The monoisotopic (exact) mass is 276 g/mol. The number of hydrogen-bond donors (Lipinski definition) is 3. The second kappa shape index (κ2) is 6.27. The standard InChI is InChI=1S/C16H24N2O2/c1-12-13(6-5-7-14(12)17)15(20)18-10-16(11-19)8-3-2-4-9-16/h5-7,19H,2-4,8-11,17H2,1H3,(H,18,20). The number of carbonyl (C=O) groups excluding carboxylic acids is 1. The molecule has 0 saturated heterocycles. The van der Waals surface area contributed by atoms with Gasteiger partial charge in [0.05, 0.1) is 6.61 Å². The Morgan fingerprint density at radius 2 is 2.05 bits per heavy atom. The Bertz CT molecular complexity index is 479. The highest BCUT2D eigenvalue weighted by atomic mass is 16.3. The maximum atomic E-state index is 12.3. The molecule has 4 N–H and O–H groups in total. The second-order valence-corrected chi connectivity index (χ2v) is 5.92. The van der Waals surface area contributed by atoms with Crippen molar-refractivity contribution < 1.29 is 9.90 Å². The number of aliphatic hydroxyl groups excluding tert-OH is 1. The zero-order valence-electron chi connectivity index (χ0n) is 12.1. The fourth-order valence-corrected chi connectivity index (χ4v) is 2.96. The Morgan fingerprint density at radius 3 is 2.70 bits per heavy atom. The molecule has 0 aromatic heterocycles. The third-order valence-corrected chi connectivity index (χ3v) is 4.49. The Morgan fingerprint density at radius 1 is 1.35 bits per heavy atom. The molecule has 1 saturated carbocycles. The topological polar surface area (TPSA) is 75.4 Å². The zero-order valence-corrected chi connectivity index (χ0v) is 12.1. The van der Waals surface area contributed by atoms with Gasteiger partial charge in [0.15, 0.2) is 0 Å². The summed E-state index contributed by atoms with van der Waals surface area (Å²) in [6, 6.07) is 5.37. The Kier molecular flexibility index (Phi) is 4.65. The van der Waals surface area contributed by atoms with Gasteiger partial charge in [-0.1, -0.05) is 25.3 Å². The van der Waals surface area contributed by atoms with Crippen molar-refractivity contribution in [3.05, 3.63) is 29.3 Å². The summed E-state index contributed by atoms with van der Waals surface area (Å²) in [6.45, 7) is 2.53. The first-order valence-electron chi connectivity index (χ1n) is 7.32. The summed E-state index contributed by atoms with van der Waals surface area (Å²) in [5.74, 6) is -0.104. The predicted octanol–water partition coefficient (Wildman–Crippen LogP) is 2.25. The van der Waals surface area contributed by atoms with Gasteiger partial charge in [-0.2, -0.15) is 0 Å². The highest BCUT2D eigenvalue weighted by Crippen LogP contribution is 2.35. The Balaban J connectivity index is 2.02. The molecule has 0 heterocycles. The maximum Gasteiger partial charge on any atom is 0.251 e. The molecular formula is C16H24N2O2. The molecule has 4 nitrogen and oxygen atoms in total. The Hall–Kier alpha value is -1.55. The number of nitrogen functional groups attached to an aromatic ring is 1. The summed E-state index contributed by atoms with van der Waals surface area (Å²) < 4.78 is 0. The van der Waals surface area contributed by atoms with Crippen LogP contribution < -0.4 is 11.1 Å². The van der Waals surface area contributed by atoms with E-state index in [1.54, 1.807) is 18.2 Å². The SMILES string of the molecule is Cc1c(N)cccc1C(=O)NCC1(CO)CCCCC1. The van der Waals surface area contributed by atoms with E-state index in [0.29, 0.717) is 17.8 Å². The molecule has 0 unspecified atom stereocenters. The predicted molar refractivity (Wildman–Crippen MR) is 80.5 cm³/mol. The summed E-state index contributed by atoms with van der Waals surface area (Å²) >= 11 is 0. The van der Waals surface area contributed by atoms with E-state index in [0.717, 1.165) is 31.2 Å². The van der Waals surface area contributed by atoms with Crippen molar-refractivity contribution in [2.45, 2.75) is 39.0 Å². The van der Waals surface area contributed by atoms with E-state index >= 15 is 0 Å². The minimum absolute atomic E-state index is 0.104. The molecule has 0 atom stereocenters. The fraction of sp³-hybridized carbons (Fsp3) is 0.562. The van der Waals surface area contributed by atoms with Gasteiger partial charge in [-0.15, -0.1) is 0 Å². The van der Waals surface area contributed by atoms with Crippen molar-refractivity contribution in [1.82, 2.24) is 5.32 Å². The molecule has 0 aliphatic heterocycles. The number of rotatable bonds is 4. The largest absolute Gasteiger partial charge is 0.398 e. The van der Waals surface area contributed by atoms with E-state index < -0.39 is 0 Å². The van der Waals surface area contributed by atoms with Crippen LogP contribution in [0.25, 0.3) is 0 Å². The molecular weight excluding hydrogens is 252 g/mol. The molecule has 4 heteroatoms. The summed E-state index contributed by atoms with van der Waals surface area (Å²) in [5.41, 5.74) is 7.76. The molecule has 1 fully saturated rings. The molecule has 2 rings (SSSR count). The van der Waals surface area contributed by atoms with Crippen LogP contribution >= 0.6 is 0 Å². The van der Waals surface area contributed by atoms with Gasteiger partial charge in [0.25, 0.3) is 5.91 Å². The first kappa shape index (κ1) is 14.9. The third kappa shape index (κ3) is 3.12. The third-order valence-electron chi connectivity index (χ3n) is 4.49. The van der Waals surface area contributed by atoms with Crippen LogP contribution in [-0.4, -0.2) is 24.2 Å². The van der Waals surface area contributed by atoms with E-state index in [9.17, 15) is 9.90 Å². The van der Waals surface area contributed by atoms with Gasteiger partial charge in [0.2, 0.25) is 0 Å². The normalized spacial score (nSPS) is 17.7. The summed E-state index contributed by atoms with van der Waals surface area (Å²) in [6.07, 6.45) is 5.46. The number of hydrogen-bond acceptors (Lipinski definition) is 3. The smallest absolute Gasteiger partial charge is 0.251 e. The van der Waals surface area contributed by atoms with Crippen molar-refractivity contribution in [1.29, 1.82) is 0 Å². The van der Waals surface area contributed by atoms with E-state index in [-0.39, 0.29) is 17.9 Å². The van der Waals surface area contributed by atoms with Gasteiger partial charge < -0.3 is 16.2 Å². The number of anilines is 1. The van der Waals surface area contributed by atoms with Crippen LogP contribution in [0.15, 0.2) is 18.2 Å². The highest BCUT2D eigenvalue weighted by Gasteiger charge is 2.31. The zero-order chi connectivity index (χ0) is 14.6. The summed E-state index contributed by atoms with van der Waals surface area (Å²) in [7, 11) is 0. The minimum Gasteiger partial charge on any atom is -0.398 e. The van der Waals surface area contributed by atoms with E-state index in [2.05, 4.69) is 5.32 Å². The summed E-state index contributed by atoms with van der Waals surface area (Å²) in [4.78, 5) is 12.3. The summed E-state index contributed by atoms with van der Waals surface area (Å²) in [5, 5.41) is 12.6. The lowest BCUT2D eigenvalue weighted by atomic mass is 9.74. The van der Waals surface area contributed by atoms with Crippen molar-refractivity contribution >= 4 is 11.6 Å². The average Bonchev–Trinajstić information content (AvgIpc) is 2.48. The van der Waals surface area contributed by atoms with Crippen LogP contribution in [0.1, 0.15) is 48.0 Å². The lowest BCUT2D eigenvalue weighted by molar-refractivity contribution is 0.0718. The number of aliphatic hydroxyl groups is 1.